The summed E-state index contributed by atoms with van der Waals surface area (Å²) in [6.45, 7) is 6.53. The van der Waals surface area contributed by atoms with Gasteiger partial charge in [-0.25, -0.2) is 0 Å². The summed E-state index contributed by atoms with van der Waals surface area (Å²) in [6.07, 6.45) is 9.08. The number of hydrogen-bond acceptors (Lipinski definition) is 3. The molecule has 0 saturated heterocycles. The molecule has 0 aromatic heterocycles. The second kappa shape index (κ2) is 8.93. The van der Waals surface area contributed by atoms with Gasteiger partial charge in [-0.3, -0.25) is 0 Å². The summed E-state index contributed by atoms with van der Waals surface area (Å²) >= 11 is 0. The van der Waals surface area contributed by atoms with E-state index in [0.29, 0.717) is 18.4 Å². The van der Waals surface area contributed by atoms with Crippen LogP contribution in [0.3, 0.4) is 0 Å². The minimum absolute atomic E-state index is 0.341. The van der Waals surface area contributed by atoms with Crippen molar-refractivity contribution in [2.24, 2.45) is 17.6 Å². The topological polar surface area (TPSA) is 55.5 Å². The van der Waals surface area contributed by atoms with E-state index in [4.69, 9.17) is 10.5 Å². The molecule has 3 unspecified atom stereocenters. The fourth-order valence-electron chi connectivity index (χ4n) is 3.18. The number of ether oxygens (including phenoxy) is 1. The summed E-state index contributed by atoms with van der Waals surface area (Å²) in [6, 6.07) is 0. The molecule has 0 aliphatic heterocycles. The summed E-state index contributed by atoms with van der Waals surface area (Å²) in [4.78, 5) is 0. The molecule has 0 spiro atoms. The average Bonchev–Trinajstić information content (AvgIpc) is 2.80. The second-order valence-corrected chi connectivity index (χ2v) is 6.18. The van der Waals surface area contributed by atoms with E-state index in [1.807, 2.05) is 0 Å². The molecule has 3 atom stereocenters. The fourth-order valence-corrected chi connectivity index (χ4v) is 3.18. The fraction of sp³-hybridized carbons (Fsp3) is 1.00. The largest absolute Gasteiger partial charge is 0.388 e. The zero-order valence-electron chi connectivity index (χ0n) is 12.9. The molecule has 0 aromatic rings. The van der Waals surface area contributed by atoms with E-state index in [0.717, 1.165) is 38.9 Å². The number of nitrogens with two attached hydrogens (primary N) is 1. The van der Waals surface area contributed by atoms with Gasteiger partial charge >= 0.3 is 0 Å². The van der Waals surface area contributed by atoms with Gasteiger partial charge < -0.3 is 15.6 Å². The van der Waals surface area contributed by atoms with Crippen LogP contribution in [0.25, 0.3) is 0 Å². The van der Waals surface area contributed by atoms with Crippen LogP contribution < -0.4 is 5.73 Å². The normalized spacial score (nSPS) is 28.7. The van der Waals surface area contributed by atoms with Crippen molar-refractivity contribution >= 4 is 0 Å². The van der Waals surface area contributed by atoms with Gasteiger partial charge in [0.15, 0.2) is 0 Å². The zero-order valence-corrected chi connectivity index (χ0v) is 12.9. The van der Waals surface area contributed by atoms with Crippen LogP contribution in [0, 0.1) is 11.8 Å². The molecule has 0 heterocycles. The van der Waals surface area contributed by atoms with Crippen molar-refractivity contribution in [1.29, 1.82) is 0 Å². The molecule has 0 radical (unpaired) electrons. The average molecular weight is 271 g/mol. The van der Waals surface area contributed by atoms with Gasteiger partial charge in [-0.2, -0.15) is 0 Å². The van der Waals surface area contributed by atoms with Crippen LogP contribution in [-0.2, 0) is 4.74 Å². The lowest BCUT2D eigenvalue weighted by Gasteiger charge is -2.28. The SMILES string of the molecule is CCCCC(CC)COCCC1CCCC1(O)CN. The van der Waals surface area contributed by atoms with E-state index >= 15 is 0 Å². The Kier molecular flexibility index (Phi) is 7.96. The first-order chi connectivity index (χ1) is 9.16. The summed E-state index contributed by atoms with van der Waals surface area (Å²) < 4.78 is 5.83. The van der Waals surface area contributed by atoms with E-state index in [1.54, 1.807) is 0 Å². The molecule has 1 rings (SSSR count). The lowest BCUT2D eigenvalue weighted by atomic mass is 9.88. The van der Waals surface area contributed by atoms with Crippen LogP contribution in [0.2, 0.25) is 0 Å². The van der Waals surface area contributed by atoms with Gasteiger partial charge in [-0.1, -0.05) is 39.5 Å². The quantitative estimate of drug-likeness (QED) is 0.600. The maximum absolute atomic E-state index is 10.4. The summed E-state index contributed by atoms with van der Waals surface area (Å²) in [5.41, 5.74) is 5.08. The first-order valence-electron chi connectivity index (χ1n) is 8.16. The molecule has 3 N–H and O–H groups in total. The smallest absolute Gasteiger partial charge is 0.0798 e. The molecule has 114 valence electrons. The first kappa shape index (κ1) is 16.9. The van der Waals surface area contributed by atoms with Crippen molar-refractivity contribution in [3.8, 4) is 0 Å². The van der Waals surface area contributed by atoms with Gasteiger partial charge in [0, 0.05) is 19.8 Å². The molecule has 1 fully saturated rings. The molecular formula is C16H33NO2. The highest BCUT2D eigenvalue weighted by atomic mass is 16.5. The standard InChI is InChI=1S/C16H33NO2/c1-3-5-7-14(4-2)12-19-11-9-15-8-6-10-16(15,18)13-17/h14-15,18H,3-13,17H2,1-2H3. The molecule has 1 aliphatic rings. The van der Waals surface area contributed by atoms with Gasteiger partial charge in [-0.05, 0) is 37.5 Å². The molecule has 19 heavy (non-hydrogen) atoms. The van der Waals surface area contributed by atoms with E-state index in [2.05, 4.69) is 13.8 Å². The van der Waals surface area contributed by atoms with Crippen LogP contribution >= 0.6 is 0 Å². The van der Waals surface area contributed by atoms with Gasteiger partial charge in [-0.15, -0.1) is 0 Å². The van der Waals surface area contributed by atoms with Gasteiger partial charge in [0.25, 0.3) is 0 Å². The molecule has 1 saturated carbocycles. The number of unbranched alkanes of at least 4 members (excludes halogenated alkanes) is 1. The Hall–Kier alpha value is -0.120. The molecule has 3 heteroatoms. The minimum Gasteiger partial charge on any atom is -0.388 e. The van der Waals surface area contributed by atoms with E-state index in [1.165, 1.54) is 25.7 Å². The van der Waals surface area contributed by atoms with Crippen molar-refractivity contribution in [1.82, 2.24) is 0 Å². The Labute approximate surface area is 118 Å². The molecular weight excluding hydrogens is 238 g/mol. The Bertz CT molecular complexity index is 235. The molecule has 3 nitrogen and oxygen atoms in total. The Balaban J connectivity index is 2.16. The highest BCUT2D eigenvalue weighted by Gasteiger charge is 2.39. The molecule has 0 amide bonds. The van der Waals surface area contributed by atoms with Crippen LogP contribution in [0.4, 0.5) is 0 Å². The number of aliphatic hydroxyl groups is 1. The van der Waals surface area contributed by atoms with Crippen molar-refractivity contribution < 1.29 is 9.84 Å². The van der Waals surface area contributed by atoms with Crippen LogP contribution in [0.5, 0.6) is 0 Å². The predicted molar refractivity (Wildman–Crippen MR) is 80.1 cm³/mol. The number of rotatable bonds is 10. The van der Waals surface area contributed by atoms with Gasteiger partial charge in [0.2, 0.25) is 0 Å². The molecule has 1 aliphatic carbocycles. The van der Waals surface area contributed by atoms with E-state index in [-0.39, 0.29) is 0 Å². The van der Waals surface area contributed by atoms with Gasteiger partial charge in [0.1, 0.15) is 0 Å². The molecule has 0 bridgehead atoms. The number of hydrogen-bond donors (Lipinski definition) is 2. The monoisotopic (exact) mass is 271 g/mol. The Morgan fingerprint density at radius 2 is 2.21 bits per heavy atom. The molecule has 0 aromatic carbocycles. The lowest BCUT2D eigenvalue weighted by Crippen LogP contribution is -2.41. The van der Waals surface area contributed by atoms with Gasteiger partial charge in [0.05, 0.1) is 5.60 Å². The van der Waals surface area contributed by atoms with Crippen molar-refractivity contribution in [3.63, 3.8) is 0 Å². The maximum atomic E-state index is 10.4. The second-order valence-electron chi connectivity index (χ2n) is 6.18. The Morgan fingerprint density at radius 1 is 1.42 bits per heavy atom. The highest BCUT2D eigenvalue weighted by Crippen LogP contribution is 2.37. The third kappa shape index (κ3) is 5.41. The summed E-state index contributed by atoms with van der Waals surface area (Å²) in [5, 5.41) is 10.4. The van der Waals surface area contributed by atoms with Crippen LogP contribution in [0.1, 0.15) is 65.2 Å². The first-order valence-corrected chi connectivity index (χ1v) is 8.16. The summed E-state index contributed by atoms with van der Waals surface area (Å²) in [5.74, 6) is 1.05. The highest BCUT2D eigenvalue weighted by molar-refractivity contribution is 4.92. The zero-order chi connectivity index (χ0) is 14.1. The van der Waals surface area contributed by atoms with E-state index in [9.17, 15) is 5.11 Å². The van der Waals surface area contributed by atoms with Crippen LogP contribution in [-0.4, -0.2) is 30.5 Å². The van der Waals surface area contributed by atoms with E-state index < -0.39 is 5.60 Å². The third-order valence-electron chi connectivity index (χ3n) is 4.78. The van der Waals surface area contributed by atoms with Crippen molar-refractivity contribution in [3.05, 3.63) is 0 Å². The third-order valence-corrected chi connectivity index (χ3v) is 4.78. The summed E-state index contributed by atoms with van der Waals surface area (Å²) in [7, 11) is 0. The van der Waals surface area contributed by atoms with Crippen molar-refractivity contribution in [2.75, 3.05) is 19.8 Å². The predicted octanol–water partition coefficient (Wildman–Crippen LogP) is 3.10. The van der Waals surface area contributed by atoms with Crippen LogP contribution in [0.15, 0.2) is 0 Å². The Morgan fingerprint density at radius 3 is 2.84 bits per heavy atom. The lowest BCUT2D eigenvalue weighted by molar-refractivity contribution is -0.00741. The van der Waals surface area contributed by atoms with Crippen molar-refractivity contribution in [2.45, 2.75) is 70.8 Å². The minimum atomic E-state index is -0.615. The maximum Gasteiger partial charge on any atom is 0.0798 e.